The fraction of sp³-hybridized carbons (Fsp3) is 0.300. The van der Waals surface area contributed by atoms with Gasteiger partial charge in [-0.1, -0.05) is 6.92 Å². The lowest BCUT2D eigenvalue weighted by Crippen LogP contribution is -2.28. The highest BCUT2D eigenvalue weighted by Crippen LogP contribution is 2.25. The lowest BCUT2D eigenvalue weighted by atomic mass is 10.2. The van der Waals surface area contributed by atoms with Crippen molar-refractivity contribution < 1.29 is 19.2 Å². The molecule has 92 valence electrons. The Labute approximate surface area is 96.2 Å². The number of aliphatic carboxylic acids is 1. The molecule has 1 atom stereocenters. The molecule has 0 radical (unpaired) electrons. The van der Waals surface area contributed by atoms with Crippen LogP contribution in [0.1, 0.15) is 13.3 Å². The second kappa shape index (κ2) is 5.24. The summed E-state index contributed by atoms with van der Waals surface area (Å²) >= 11 is 0. The van der Waals surface area contributed by atoms with Crippen LogP contribution in [0, 0.1) is 15.9 Å². The van der Waals surface area contributed by atoms with Crippen LogP contribution in [-0.4, -0.2) is 22.0 Å². The van der Waals surface area contributed by atoms with E-state index < -0.39 is 22.8 Å². The Morgan fingerprint density at radius 3 is 2.76 bits per heavy atom. The number of anilines is 1. The average molecular weight is 242 g/mol. The molecule has 0 aliphatic rings. The van der Waals surface area contributed by atoms with Gasteiger partial charge in [0, 0.05) is 12.1 Å². The maximum absolute atomic E-state index is 13.0. The third-order valence-electron chi connectivity index (χ3n) is 2.19. The van der Waals surface area contributed by atoms with E-state index in [4.69, 9.17) is 5.11 Å². The van der Waals surface area contributed by atoms with Crippen LogP contribution in [0.4, 0.5) is 15.8 Å². The van der Waals surface area contributed by atoms with Crippen molar-refractivity contribution in [2.75, 3.05) is 5.32 Å². The molecule has 1 aromatic carbocycles. The summed E-state index contributed by atoms with van der Waals surface area (Å²) in [5.41, 5.74) is -0.490. The number of hydrogen-bond donors (Lipinski definition) is 2. The Hall–Kier alpha value is -2.18. The standard InChI is InChI=1S/C10H11FN2O4/c1-2-7(10(14)15)12-8-5-6(11)3-4-9(8)13(16)17/h3-5,7,12H,2H2,1H3,(H,14,15)/t7-/m1/s1. The summed E-state index contributed by atoms with van der Waals surface area (Å²) in [7, 11) is 0. The highest BCUT2D eigenvalue weighted by atomic mass is 19.1. The molecule has 0 aliphatic heterocycles. The summed E-state index contributed by atoms with van der Waals surface area (Å²) in [6.07, 6.45) is 0.225. The van der Waals surface area contributed by atoms with Gasteiger partial charge in [-0.15, -0.1) is 0 Å². The van der Waals surface area contributed by atoms with E-state index in [1.807, 2.05) is 0 Å². The molecule has 1 rings (SSSR count). The van der Waals surface area contributed by atoms with E-state index in [-0.39, 0.29) is 17.8 Å². The van der Waals surface area contributed by atoms with E-state index in [9.17, 15) is 19.3 Å². The fourth-order valence-corrected chi connectivity index (χ4v) is 1.31. The summed E-state index contributed by atoms with van der Waals surface area (Å²) < 4.78 is 13.0. The number of nitro groups is 1. The van der Waals surface area contributed by atoms with Crippen LogP contribution in [0.15, 0.2) is 18.2 Å². The summed E-state index contributed by atoms with van der Waals surface area (Å²) in [4.78, 5) is 20.7. The molecular weight excluding hydrogens is 231 g/mol. The lowest BCUT2D eigenvalue weighted by molar-refractivity contribution is -0.384. The average Bonchev–Trinajstić information content (AvgIpc) is 2.25. The lowest BCUT2D eigenvalue weighted by Gasteiger charge is -2.13. The number of benzene rings is 1. The molecule has 0 spiro atoms. The molecule has 0 aliphatic carbocycles. The van der Waals surface area contributed by atoms with Gasteiger partial charge in [0.15, 0.2) is 0 Å². The van der Waals surface area contributed by atoms with Crippen molar-refractivity contribution in [3.63, 3.8) is 0 Å². The van der Waals surface area contributed by atoms with Crippen LogP contribution < -0.4 is 5.32 Å². The Morgan fingerprint density at radius 1 is 1.65 bits per heavy atom. The fourth-order valence-electron chi connectivity index (χ4n) is 1.31. The van der Waals surface area contributed by atoms with E-state index in [1.165, 1.54) is 0 Å². The monoisotopic (exact) mass is 242 g/mol. The van der Waals surface area contributed by atoms with E-state index in [0.717, 1.165) is 18.2 Å². The quantitative estimate of drug-likeness (QED) is 0.608. The number of carbonyl (C=O) groups is 1. The van der Waals surface area contributed by atoms with Gasteiger partial charge in [-0.05, 0) is 12.5 Å². The highest BCUT2D eigenvalue weighted by molar-refractivity contribution is 5.78. The van der Waals surface area contributed by atoms with Gasteiger partial charge < -0.3 is 10.4 Å². The predicted molar refractivity (Wildman–Crippen MR) is 58.4 cm³/mol. The molecule has 2 N–H and O–H groups in total. The van der Waals surface area contributed by atoms with E-state index in [0.29, 0.717) is 0 Å². The van der Waals surface area contributed by atoms with Crippen molar-refractivity contribution in [1.82, 2.24) is 0 Å². The maximum atomic E-state index is 13.0. The van der Waals surface area contributed by atoms with Gasteiger partial charge in [-0.25, -0.2) is 9.18 Å². The molecule has 17 heavy (non-hydrogen) atoms. The summed E-state index contributed by atoms with van der Waals surface area (Å²) in [5, 5.41) is 21.9. The molecule has 0 amide bonds. The van der Waals surface area contributed by atoms with Gasteiger partial charge in [-0.3, -0.25) is 10.1 Å². The smallest absolute Gasteiger partial charge is 0.326 e. The van der Waals surface area contributed by atoms with Gasteiger partial charge in [0.05, 0.1) is 4.92 Å². The summed E-state index contributed by atoms with van der Waals surface area (Å²) in [5.74, 6) is -1.82. The number of nitro benzene ring substituents is 1. The second-order valence-corrected chi connectivity index (χ2v) is 3.36. The van der Waals surface area contributed by atoms with Gasteiger partial charge in [-0.2, -0.15) is 0 Å². The van der Waals surface area contributed by atoms with Crippen LogP contribution in [0.25, 0.3) is 0 Å². The van der Waals surface area contributed by atoms with Crippen LogP contribution in [0.2, 0.25) is 0 Å². The number of carboxylic acid groups (broad SMARTS) is 1. The molecule has 7 heteroatoms. The van der Waals surface area contributed by atoms with Crippen molar-refractivity contribution in [2.24, 2.45) is 0 Å². The highest BCUT2D eigenvalue weighted by Gasteiger charge is 2.20. The minimum atomic E-state index is -1.15. The molecular formula is C10H11FN2O4. The largest absolute Gasteiger partial charge is 0.480 e. The first-order chi connectivity index (χ1) is 7.95. The zero-order chi connectivity index (χ0) is 13.0. The molecule has 0 heterocycles. The summed E-state index contributed by atoms with van der Waals surface area (Å²) in [6.45, 7) is 1.61. The summed E-state index contributed by atoms with van der Waals surface area (Å²) in [6, 6.07) is 1.86. The van der Waals surface area contributed by atoms with Gasteiger partial charge in [0.2, 0.25) is 0 Å². The van der Waals surface area contributed by atoms with Crippen LogP contribution >= 0.6 is 0 Å². The number of carboxylic acids is 1. The number of nitrogens with zero attached hydrogens (tertiary/aromatic N) is 1. The molecule has 0 fully saturated rings. The first-order valence-corrected chi connectivity index (χ1v) is 4.89. The number of hydrogen-bond acceptors (Lipinski definition) is 4. The van der Waals surface area contributed by atoms with Gasteiger partial charge in [0.1, 0.15) is 17.5 Å². The van der Waals surface area contributed by atoms with Gasteiger partial charge >= 0.3 is 5.97 Å². The Morgan fingerprint density at radius 2 is 2.29 bits per heavy atom. The van der Waals surface area contributed by atoms with E-state index >= 15 is 0 Å². The first kappa shape index (κ1) is 12.9. The van der Waals surface area contributed by atoms with E-state index in [1.54, 1.807) is 6.92 Å². The van der Waals surface area contributed by atoms with Crippen molar-refractivity contribution >= 4 is 17.3 Å². The number of nitrogens with one attached hydrogen (secondary N) is 1. The Balaban J connectivity index is 3.07. The predicted octanol–water partition coefficient (Wildman–Crippen LogP) is 2.01. The molecule has 1 aromatic rings. The second-order valence-electron chi connectivity index (χ2n) is 3.36. The van der Waals surface area contributed by atoms with Crippen molar-refractivity contribution in [3.8, 4) is 0 Å². The zero-order valence-corrected chi connectivity index (χ0v) is 9.01. The van der Waals surface area contributed by atoms with Crippen LogP contribution in [0.3, 0.4) is 0 Å². The Kier molecular flexibility index (Phi) is 3.97. The van der Waals surface area contributed by atoms with Gasteiger partial charge in [0.25, 0.3) is 5.69 Å². The molecule has 0 aromatic heterocycles. The zero-order valence-electron chi connectivity index (χ0n) is 9.01. The first-order valence-electron chi connectivity index (χ1n) is 4.89. The number of rotatable bonds is 5. The van der Waals surface area contributed by atoms with Crippen LogP contribution in [-0.2, 0) is 4.79 Å². The minimum absolute atomic E-state index is 0.135. The maximum Gasteiger partial charge on any atom is 0.326 e. The van der Waals surface area contributed by atoms with Crippen LogP contribution in [0.5, 0.6) is 0 Å². The topological polar surface area (TPSA) is 92.5 Å². The third-order valence-corrected chi connectivity index (χ3v) is 2.19. The molecule has 0 saturated carbocycles. The molecule has 6 nitrogen and oxygen atoms in total. The van der Waals surface area contributed by atoms with E-state index in [2.05, 4.69) is 5.32 Å². The normalized spacial score (nSPS) is 11.9. The SMILES string of the molecule is CC[C@@H](Nc1cc(F)ccc1[N+](=O)[O-])C(=O)O. The third kappa shape index (κ3) is 3.13. The van der Waals surface area contributed by atoms with Crippen molar-refractivity contribution in [1.29, 1.82) is 0 Å². The van der Waals surface area contributed by atoms with Crippen molar-refractivity contribution in [3.05, 3.63) is 34.1 Å². The number of halogens is 1. The minimum Gasteiger partial charge on any atom is -0.480 e. The molecule has 0 unspecified atom stereocenters. The Bertz CT molecular complexity index is 450. The molecule has 0 bridgehead atoms. The van der Waals surface area contributed by atoms with Crippen molar-refractivity contribution in [2.45, 2.75) is 19.4 Å². The molecule has 0 saturated heterocycles.